The smallest absolute Gasteiger partial charge is 0.338 e. The number of carbonyl (C=O) groups excluding carboxylic acids is 1. The first-order valence-electron chi connectivity index (χ1n) is 12.8. The van der Waals surface area contributed by atoms with Crippen molar-refractivity contribution in [3.8, 4) is 11.4 Å². The number of aromatic nitrogens is 2. The monoisotopic (exact) mass is 438 g/mol. The molecule has 0 fully saturated rings. The van der Waals surface area contributed by atoms with Crippen molar-refractivity contribution < 1.29 is 9.53 Å². The Morgan fingerprint density at radius 3 is 1.84 bits per heavy atom. The van der Waals surface area contributed by atoms with Gasteiger partial charge in [-0.25, -0.2) is 14.8 Å². The van der Waals surface area contributed by atoms with E-state index in [0.29, 0.717) is 18.0 Å². The Balaban J connectivity index is 1.69. The van der Waals surface area contributed by atoms with Gasteiger partial charge in [-0.2, -0.15) is 0 Å². The van der Waals surface area contributed by atoms with E-state index in [1.165, 1.54) is 76.2 Å². The van der Waals surface area contributed by atoms with Gasteiger partial charge in [-0.15, -0.1) is 0 Å². The Labute approximate surface area is 195 Å². The second-order valence-electron chi connectivity index (χ2n) is 8.77. The Hall–Kier alpha value is -2.23. The van der Waals surface area contributed by atoms with E-state index in [0.717, 1.165) is 24.8 Å². The number of benzene rings is 1. The third-order valence-corrected chi connectivity index (χ3v) is 5.88. The average Bonchev–Trinajstić information content (AvgIpc) is 2.83. The lowest BCUT2D eigenvalue weighted by atomic mass is 10.1. The fraction of sp³-hybridized carbons (Fsp3) is 0.607. The van der Waals surface area contributed by atoms with E-state index in [1.807, 2.05) is 24.5 Å². The lowest BCUT2D eigenvalue weighted by Crippen LogP contribution is -2.06. The van der Waals surface area contributed by atoms with E-state index >= 15 is 0 Å². The van der Waals surface area contributed by atoms with Gasteiger partial charge in [-0.05, 0) is 37.0 Å². The highest BCUT2D eigenvalue weighted by Gasteiger charge is 2.08. The molecule has 1 aromatic carbocycles. The predicted molar refractivity (Wildman–Crippen MR) is 133 cm³/mol. The molecule has 0 atom stereocenters. The van der Waals surface area contributed by atoms with Crippen molar-refractivity contribution in [2.45, 2.75) is 104 Å². The van der Waals surface area contributed by atoms with Crippen molar-refractivity contribution in [2.75, 3.05) is 6.61 Å². The minimum atomic E-state index is -0.256. The summed E-state index contributed by atoms with van der Waals surface area (Å²) in [5.74, 6) is 0.439. The van der Waals surface area contributed by atoms with Crippen molar-refractivity contribution in [1.82, 2.24) is 9.97 Å². The number of ether oxygens (including phenoxy) is 1. The SMILES string of the molecule is CCCCCCCCCCc1cnc(-c2ccc(C(=O)OCCCCCCC)cc2)nc1. The van der Waals surface area contributed by atoms with Gasteiger partial charge in [0.2, 0.25) is 0 Å². The van der Waals surface area contributed by atoms with Crippen LogP contribution in [0.5, 0.6) is 0 Å². The van der Waals surface area contributed by atoms with E-state index in [1.54, 1.807) is 12.1 Å². The molecule has 0 saturated heterocycles. The van der Waals surface area contributed by atoms with Gasteiger partial charge in [0.05, 0.1) is 12.2 Å². The molecule has 32 heavy (non-hydrogen) atoms. The Kier molecular flexibility index (Phi) is 13.3. The van der Waals surface area contributed by atoms with Crippen LogP contribution in [0.25, 0.3) is 11.4 Å². The zero-order valence-corrected chi connectivity index (χ0v) is 20.3. The maximum atomic E-state index is 12.2. The Morgan fingerprint density at radius 1 is 0.719 bits per heavy atom. The average molecular weight is 439 g/mol. The van der Waals surface area contributed by atoms with Gasteiger partial charge in [-0.3, -0.25) is 0 Å². The number of hydrogen-bond donors (Lipinski definition) is 0. The molecule has 2 aromatic rings. The molecule has 0 aliphatic heterocycles. The number of unbranched alkanes of at least 4 members (excludes halogenated alkanes) is 11. The predicted octanol–water partition coefficient (Wildman–Crippen LogP) is 7.95. The van der Waals surface area contributed by atoms with Gasteiger partial charge < -0.3 is 4.74 Å². The van der Waals surface area contributed by atoms with E-state index < -0.39 is 0 Å². The molecule has 1 aromatic heterocycles. The minimum absolute atomic E-state index is 0.256. The van der Waals surface area contributed by atoms with Crippen molar-refractivity contribution in [1.29, 1.82) is 0 Å². The van der Waals surface area contributed by atoms with Crippen LogP contribution in [0, 0.1) is 0 Å². The summed E-state index contributed by atoms with van der Waals surface area (Å²) in [6.45, 7) is 4.95. The van der Waals surface area contributed by atoms with Crippen LogP contribution in [0.3, 0.4) is 0 Å². The number of carbonyl (C=O) groups is 1. The fourth-order valence-corrected chi connectivity index (χ4v) is 3.81. The molecule has 0 unspecified atom stereocenters. The van der Waals surface area contributed by atoms with Gasteiger partial charge in [0, 0.05) is 18.0 Å². The van der Waals surface area contributed by atoms with Gasteiger partial charge in [0.1, 0.15) is 0 Å². The van der Waals surface area contributed by atoms with Crippen LogP contribution in [0.2, 0.25) is 0 Å². The molecule has 0 N–H and O–H groups in total. The van der Waals surface area contributed by atoms with Crippen molar-refractivity contribution >= 4 is 5.97 Å². The van der Waals surface area contributed by atoms with Gasteiger partial charge in [0.25, 0.3) is 0 Å². The first-order chi connectivity index (χ1) is 15.7. The molecule has 4 heteroatoms. The van der Waals surface area contributed by atoms with Crippen LogP contribution < -0.4 is 0 Å². The van der Waals surface area contributed by atoms with E-state index in [9.17, 15) is 4.79 Å². The molecule has 176 valence electrons. The maximum absolute atomic E-state index is 12.2. The topological polar surface area (TPSA) is 52.1 Å². The first kappa shape index (κ1) is 26.0. The molecule has 2 rings (SSSR count). The normalized spacial score (nSPS) is 10.9. The quantitative estimate of drug-likeness (QED) is 0.186. The molecule has 0 aliphatic carbocycles. The maximum Gasteiger partial charge on any atom is 0.338 e. The minimum Gasteiger partial charge on any atom is -0.462 e. The molecule has 0 aliphatic rings. The number of nitrogens with zero attached hydrogens (tertiary/aromatic N) is 2. The van der Waals surface area contributed by atoms with Crippen LogP contribution >= 0.6 is 0 Å². The summed E-state index contributed by atoms with van der Waals surface area (Å²) < 4.78 is 5.38. The number of esters is 1. The summed E-state index contributed by atoms with van der Waals surface area (Å²) in [6, 6.07) is 7.38. The van der Waals surface area contributed by atoms with Crippen LogP contribution in [-0.2, 0) is 11.2 Å². The van der Waals surface area contributed by atoms with Crippen LogP contribution in [-0.4, -0.2) is 22.5 Å². The number of hydrogen-bond acceptors (Lipinski definition) is 4. The summed E-state index contributed by atoms with van der Waals surface area (Å²) >= 11 is 0. The zero-order valence-electron chi connectivity index (χ0n) is 20.3. The summed E-state index contributed by atoms with van der Waals surface area (Å²) in [7, 11) is 0. The van der Waals surface area contributed by atoms with E-state index in [-0.39, 0.29) is 5.97 Å². The summed E-state index contributed by atoms with van der Waals surface area (Å²) in [4.78, 5) is 21.2. The van der Waals surface area contributed by atoms with Gasteiger partial charge in [-0.1, -0.05) is 96.6 Å². The molecule has 0 radical (unpaired) electrons. The molecule has 1 heterocycles. The highest BCUT2D eigenvalue weighted by molar-refractivity contribution is 5.89. The van der Waals surface area contributed by atoms with Crippen molar-refractivity contribution in [2.24, 2.45) is 0 Å². The van der Waals surface area contributed by atoms with Crippen molar-refractivity contribution in [3.63, 3.8) is 0 Å². The molecule has 0 spiro atoms. The van der Waals surface area contributed by atoms with E-state index in [2.05, 4.69) is 23.8 Å². The molecule has 0 amide bonds. The molecule has 0 saturated carbocycles. The Bertz CT molecular complexity index is 741. The fourth-order valence-electron chi connectivity index (χ4n) is 3.81. The van der Waals surface area contributed by atoms with Crippen LogP contribution in [0.4, 0.5) is 0 Å². The Morgan fingerprint density at radius 2 is 1.25 bits per heavy atom. The lowest BCUT2D eigenvalue weighted by Gasteiger charge is -2.06. The van der Waals surface area contributed by atoms with E-state index in [4.69, 9.17) is 4.74 Å². The molecular weight excluding hydrogens is 396 g/mol. The number of rotatable bonds is 17. The second-order valence-corrected chi connectivity index (χ2v) is 8.77. The van der Waals surface area contributed by atoms with Crippen molar-refractivity contribution in [3.05, 3.63) is 47.8 Å². The highest BCUT2D eigenvalue weighted by atomic mass is 16.5. The van der Waals surface area contributed by atoms with Gasteiger partial charge >= 0.3 is 5.97 Å². The molecule has 0 bridgehead atoms. The largest absolute Gasteiger partial charge is 0.462 e. The van der Waals surface area contributed by atoms with Gasteiger partial charge in [0.15, 0.2) is 5.82 Å². The number of aryl methyl sites for hydroxylation is 1. The lowest BCUT2D eigenvalue weighted by molar-refractivity contribution is 0.0497. The standard InChI is InChI=1S/C28H42N2O2/c1-3-5-7-9-10-11-12-14-16-24-22-29-27(30-23-24)25-17-19-26(20-18-25)28(31)32-21-15-13-8-6-4-2/h17-20,22-23H,3-16,21H2,1-2H3. The summed E-state index contributed by atoms with van der Waals surface area (Å²) in [6.07, 6.45) is 21.2. The zero-order chi connectivity index (χ0) is 22.9. The molecular formula is C28H42N2O2. The summed E-state index contributed by atoms with van der Waals surface area (Å²) in [5.41, 5.74) is 2.69. The molecule has 4 nitrogen and oxygen atoms in total. The van der Waals surface area contributed by atoms with Crippen LogP contribution in [0.15, 0.2) is 36.7 Å². The van der Waals surface area contributed by atoms with Crippen LogP contribution in [0.1, 0.15) is 113 Å². The summed E-state index contributed by atoms with van der Waals surface area (Å²) in [5, 5.41) is 0. The third-order valence-electron chi connectivity index (χ3n) is 5.88. The third kappa shape index (κ3) is 10.4. The first-order valence-corrected chi connectivity index (χ1v) is 12.8. The second kappa shape index (κ2) is 16.4. The highest BCUT2D eigenvalue weighted by Crippen LogP contribution is 2.17.